The summed E-state index contributed by atoms with van der Waals surface area (Å²) in [6.07, 6.45) is 0. The van der Waals surface area contributed by atoms with E-state index in [0.717, 1.165) is 11.3 Å². The van der Waals surface area contributed by atoms with Gasteiger partial charge >= 0.3 is 0 Å². The molecule has 3 nitrogen and oxygen atoms in total. The monoisotopic (exact) mass is 423 g/mol. The molecule has 4 heteroatoms. The van der Waals surface area contributed by atoms with E-state index in [1.165, 1.54) is 9.13 Å². The molecule has 0 spiro atoms. The Hall–Kier alpha value is -1.40. The molecule has 0 heterocycles. The van der Waals surface area contributed by atoms with Gasteiger partial charge in [0.05, 0.1) is 0 Å². The van der Waals surface area contributed by atoms with Crippen LogP contribution in [0.5, 0.6) is 0 Å². The van der Waals surface area contributed by atoms with Crippen LogP contribution >= 0.6 is 22.6 Å². The molecule has 0 aromatic heterocycles. The van der Waals surface area contributed by atoms with Gasteiger partial charge in [-0.25, -0.2) is 0 Å². The van der Waals surface area contributed by atoms with Gasteiger partial charge in [-0.05, 0) is 53.3 Å². The van der Waals surface area contributed by atoms with Crippen LogP contribution in [0.2, 0.25) is 0 Å². The minimum atomic E-state index is 0.0379. The van der Waals surface area contributed by atoms with Crippen LogP contribution in [0, 0.1) is 16.4 Å². The molecule has 3 N–H and O–H groups in total. The number of hydrogen-bond acceptors (Lipinski definition) is 1. The largest absolute Gasteiger partial charge is 0.332 e. The van der Waals surface area contributed by atoms with Gasteiger partial charge in [0.25, 0.3) is 5.91 Å². The van der Waals surface area contributed by atoms with Crippen molar-refractivity contribution in [1.82, 2.24) is 0 Å². The van der Waals surface area contributed by atoms with E-state index in [0.29, 0.717) is 18.5 Å². The summed E-state index contributed by atoms with van der Waals surface area (Å²) in [6.45, 7) is 6.82. The molecule has 0 bridgehead atoms. The topological polar surface area (TPSA) is 45.7 Å². The maximum atomic E-state index is 12.3. The molecular formula is C19H24IN2O+. The highest BCUT2D eigenvalue weighted by Gasteiger charge is 2.20. The number of halogens is 1. The van der Waals surface area contributed by atoms with Crippen molar-refractivity contribution in [3.8, 4) is 0 Å². The lowest BCUT2D eigenvalue weighted by molar-refractivity contribution is -0.692. The van der Waals surface area contributed by atoms with E-state index in [9.17, 15) is 4.79 Å². The standard InChI is InChI=1S/C19H23IN2O/c1-13(2)19(15-7-5-4-6-8-15)21-12-18(23)22-17-10-9-16(20)11-14(17)3/h4-11,13,19,21H,12H2,1-3H3,(H,22,23)/p+1/t19-/m1/s1. The lowest BCUT2D eigenvalue weighted by Gasteiger charge is -2.19. The van der Waals surface area contributed by atoms with Crippen LogP contribution in [0.4, 0.5) is 5.69 Å². The number of amides is 1. The minimum absolute atomic E-state index is 0.0379. The molecule has 23 heavy (non-hydrogen) atoms. The van der Waals surface area contributed by atoms with Crippen LogP contribution in [0.1, 0.15) is 31.0 Å². The summed E-state index contributed by atoms with van der Waals surface area (Å²) in [5.74, 6) is 0.501. The van der Waals surface area contributed by atoms with E-state index >= 15 is 0 Å². The predicted molar refractivity (Wildman–Crippen MR) is 103 cm³/mol. The number of carbonyl (C=O) groups excluding carboxylic acids is 1. The lowest BCUT2D eigenvalue weighted by atomic mass is 9.96. The first-order valence-electron chi connectivity index (χ1n) is 7.91. The first-order chi connectivity index (χ1) is 11.0. The SMILES string of the molecule is Cc1cc(I)ccc1NC(=O)C[NH2+][C@@H](c1ccccc1)C(C)C. The maximum absolute atomic E-state index is 12.3. The molecular weight excluding hydrogens is 399 g/mol. The Morgan fingerprint density at radius 3 is 2.48 bits per heavy atom. The predicted octanol–water partition coefficient (Wildman–Crippen LogP) is 3.50. The average molecular weight is 423 g/mol. The zero-order valence-corrected chi connectivity index (χ0v) is 16.0. The van der Waals surface area contributed by atoms with Gasteiger partial charge in [0, 0.05) is 20.7 Å². The number of carbonyl (C=O) groups is 1. The zero-order chi connectivity index (χ0) is 16.8. The molecule has 0 fully saturated rings. The summed E-state index contributed by atoms with van der Waals surface area (Å²) in [7, 11) is 0. The molecule has 2 aromatic carbocycles. The van der Waals surface area contributed by atoms with Gasteiger partial charge in [-0.2, -0.15) is 0 Å². The Morgan fingerprint density at radius 1 is 1.17 bits per heavy atom. The van der Waals surface area contributed by atoms with Crippen molar-refractivity contribution in [2.75, 3.05) is 11.9 Å². The highest BCUT2D eigenvalue weighted by atomic mass is 127. The highest BCUT2D eigenvalue weighted by Crippen LogP contribution is 2.18. The van der Waals surface area contributed by atoms with Crippen molar-refractivity contribution < 1.29 is 10.1 Å². The normalized spacial score (nSPS) is 12.2. The van der Waals surface area contributed by atoms with E-state index in [4.69, 9.17) is 0 Å². The smallest absolute Gasteiger partial charge is 0.279 e. The Balaban J connectivity index is 1.97. The molecule has 1 atom stereocenters. The highest BCUT2D eigenvalue weighted by molar-refractivity contribution is 14.1. The van der Waals surface area contributed by atoms with E-state index < -0.39 is 0 Å². The molecule has 122 valence electrons. The Labute approximate surface area is 152 Å². The number of nitrogens with two attached hydrogens (primary N) is 1. The molecule has 0 aliphatic carbocycles. The molecule has 2 rings (SSSR count). The summed E-state index contributed by atoms with van der Waals surface area (Å²) in [5.41, 5.74) is 3.25. The zero-order valence-electron chi connectivity index (χ0n) is 13.8. The van der Waals surface area contributed by atoms with E-state index in [2.05, 4.69) is 65.3 Å². The fourth-order valence-corrected chi connectivity index (χ4v) is 3.32. The average Bonchev–Trinajstić information content (AvgIpc) is 2.51. The third-order valence-electron chi connectivity index (χ3n) is 3.92. The second-order valence-corrected chi connectivity index (χ2v) is 7.37. The Kier molecular flexibility index (Phi) is 6.59. The first kappa shape index (κ1) is 17.9. The number of rotatable bonds is 6. The molecule has 0 aliphatic heterocycles. The molecule has 0 unspecified atom stereocenters. The fourth-order valence-electron chi connectivity index (χ4n) is 2.67. The van der Waals surface area contributed by atoms with Crippen molar-refractivity contribution in [3.63, 3.8) is 0 Å². The third-order valence-corrected chi connectivity index (χ3v) is 4.59. The summed E-state index contributed by atoms with van der Waals surface area (Å²) >= 11 is 2.28. The molecule has 2 aromatic rings. The number of quaternary nitrogens is 1. The maximum Gasteiger partial charge on any atom is 0.279 e. The second kappa shape index (κ2) is 8.45. The van der Waals surface area contributed by atoms with Crippen LogP contribution in [0.25, 0.3) is 0 Å². The van der Waals surface area contributed by atoms with Crippen molar-refractivity contribution in [2.45, 2.75) is 26.8 Å². The number of benzene rings is 2. The number of anilines is 1. The van der Waals surface area contributed by atoms with Gasteiger partial charge in [-0.15, -0.1) is 0 Å². The van der Waals surface area contributed by atoms with Crippen molar-refractivity contribution >= 4 is 34.2 Å². The van der Waals surface area contributed by atoms with Crippen LogP contribution in [0.15, 0.2) is 48.5 Å². The number of aryl methyl sites for hydroxylation is 1. The van der Waals surface area contributed by atoms with E-state index in [-0.39, 0.29) is 5.91 Å². The molecule has 0 saturated carbocycles. The van der Waals surface area contributed by atoms with Gasteiger partial charge in [-0.3, -0.25) is 4.79 Å². The third kappa shape index (κ3) is 5.32. The quantitative estimate of drug-likeness (QED) is 0.687. The van der Waals surface area contributed by atoms with Crippen LogP contribution in [0.3, 0.4) is 0 Å². The van der Waals surface area contributed by atoms with Crippen molar-refractivity contribution in [2.24, 2.45) is 5.92 Å². The van der Waals surface area contributed by atoms with Crippen molar-refractivity contribution in [3.05, 3.63) is 63.2 Å². The number of nitrogens with one attached hydrogen (secondary N) is 1. The van der Waals surface area contributed by atoms with Gasteiger partial charge in [0.2, 0.25) is 0 Å². The summed E-state index contributed by atoms with van der Waals surface area (Å²) in [5, 5.41) is 5.13. The van der Waals surface area contributed by atoms with Crippen LogP contribution in [-0.4, -0.2) is 12.5 Å². The molecule has 1 amide bonds. The van der Waals surface area contributed by atoms with Gasteiger partial charge in [0.15, 0.2) is 6.54 Å². The van der Waals surface area contributed by atoms with E-state index in [1.54, 1.807) is 0 Å². The van der Waals surface area contributed by atoms with Gasteiger partial charge < -0.3 is 10.6 Å². The summed E-state index contributed by atoms with van der Waals surface area (Å²) in [4.78, 5) is 12.3. The molecule has 0 saturated heterocycles. The summed E-state index contributed by atoms with van der Waals surface area (Å²) < 4.78 is 1.17. The Morgan fingerprint density at radius 2 is 1.87 bits per heavy atom. The fraction of sp³-hybridized carbons (Fsp3) is 0.316. The van der Waals surface area contributed by atoms with Gasteiger partial charge in [0.1, 0.15) is 6.04 Å². The van der Waals surface area contributed by atoms with Crippen molar-refractivity contribution in [1.29, 1.82) is 0 Å². The van der Waals surface area contributed by atoms with Crippen LogP contribution < -0.4 is 10.6 Å². The minimum Gasteiger partial charge on any atom is -0.332 e. The lowest BCUT2D eigenvalue weighted by Crippen LogP contribution is -2.88. The van der Waals surface area contributed by atoms with Gasteiger partial charge in [-0.1, -0.05) is 44.2 Å². The molecule has 0 aliphatic rings. The molecule has 0 radical (unpaired) electrons. The first-order valence-corrected chi connectivity index (χ1v) is 8.99. The van der Waals surface area contributed by atoms with E-state index in [1.807, 2.05) is 37.3 Å². The summed E-state index contributed by atoms with van der Waals surface area (Å²) in [6, 6.07) is 16.7. The second-order valence-electron chi connectivity index (χ2n) is 6.13. The Bertz CT molecular complexity index is 656. The van der Waals surface area contributed by atoms with Crippen LogP contribution in [-0.2, 0) is 4.79 Å². The number of hydrogen-bond donors (Lipinski definition) is 2.